The fraction of sp³-hybridized carbons (Fsp3) is 0.667. The number of pyridine rings is 1. The molecule has 1 heterocycles. The topological polar surface area (TPSA) is 71.1 Å². The summed E-state index contributed by atoms with van der Waals surface area (Å²) in [5.41, 5.74) is 1.02. The van der Waals surface area contributed by atoms with E-state index >= 15 is 0 Å². The van der Waals surface area contributed by atoms with Crippen molar-refractivity contribution in [3.8, 4) is 0 Å². The summed E-state index contributed by atoms with van der Waals surface area (Å²) in [6, 6.07) is 4.05. The molecule has 2 N–H and O–H groups in total. The maximum absolute atomic E-state index is 12.1. The number of nitrogens with zero attached hydrogens (tertiary/aromatic N) is 1. The predicted octanol–water partition coefficient (Wildman–Crippen LogP) is 2.19. The summed E-state index contributed by atoms with van der Waals surface area (Å²) in [6.45, 7) is 3.37. The van der Waals surface area contributed by atoms with Gasteiger partial charge in [0.1, 0.15) is 0 Å². The molecule has 0 radical (unpaired) electrons. The highest BCUT2D eigenvalue weighted by Crippen LogP contribution is 2.19. The molecular formula is C15H25N3O2S. The lowest BCUT2D eigenvalue weighted by molar-refractivity contribution is 0.569. The summed E-state index contributed by atoms with van der Waals surface area (Å²) in [4.78, 5) is 4.07. The van der Waals surface area contributed by atoms with E-state index in [1.807, 2.05) is 6.07 Å². The molecule has 0 unspecified atom stereocenters. The maximum Gasteiger partial charge on any atom is 0.258 e. The molecule has 118 valence electrons. The zero-order chi connectivity index (χ0) is 15.1. The second kappa shape index (κ2) is 7.87. The lowest BCUT2D eigenvalue weighted by Crippen LogP contribution is -2.25. The first kappa shape index (κ1) is 16.4. The Bertz CT molecular complexity index is 524. The highest BCUT2D eigenvalue weighted by molar-refractivity contribution is 7.89. The van der Waals surface area contributed by atoms with Crippen LogP contribution in [0.3, 0.4) is 0 Å². The van der Waals surface area contributed by atoms with Crippen LogP contribution in [-0.4, -0.2) is 26.0 Å². The highest BCUT2D eigenvalue weighted by atomic mass is 32.2. The van der Waals surface area contributed by atoms with Gasteiger partial charge >= 0.3 is 0 Å². The molecule has 1 aromatic rings. The van der Waals surface area contributed by atoms with Crippen molar-refractivity contribution in [3.63, 3.8) is 0 Å². The van der Waals surface area contributed by atoms with Gasteiger partial charge in [0.2, 0.25) is 0 Å². The summed E-state index contributed by atoms with van der Waals surface area (Å²) in [5.74, 6) is 0. The van der Waals surface area contributed by atoms with Crippen LogP contribution >= 0.6 is 0 Å². The number of sulfonamides is 1. The highest BCUT2D eigenvalue weighted by Gasteiger charge is 2.20. The van der Waals surface area contributed by atoms with Gasteiger partial charge in [-0.05, 0) is 30.9 Å². The van der Waals surface area contributed by atoms with Gasteiger partial charge in [-0.15, -0.1) is 0 Å². The first-order valence-electron chi connectivity index (χ1n) is 7.80. The molecule has 0 bridgehead atoms. The van der Waals surface area contributed by atoms with Gasteiger partial charge in [-0.25, -0.2) is 18.1 Å². The van der Waals surface area contributed by atoms with Crippen LogP contribution in [0.5, 0.6) is 0 Å². The Morgan fingerprint density at radius 2 is 2.05 bits per heavy atom. The van der Waals surface area contributed by atoms with Crippen molar-refractivity contribution in [3.05, 3.63) is 23.9 Å². The van der Waals surface area contributed by atoms with Crippen LogP contribution < -0.4 is 10.0 Å². The normalized spacial score (nSPS) is 15.3. The van der Waals surface area contributed by atoms with E-state index in [0.29, 0.717) is 12.6 Å². The van der Waals surface area contributed by atoms with Gasteiger partial charge < -0.3 is 5.32 Å². The van der Waals surface area contributed by atoms with Crippen molar-refractivity contribution >= 4 is 10.0 Å². The van der Waals surface area contributed by atoms with E-state index in [1.54, 1.807) is 12.3 Å². The minimum absolute atomic E-state index is 0.105. The van der Waals surface area contributed by atoms with E-state index in [-0.39, 0.29) is 5.03 Å². The zero-order valence-electron chi connectivity index (χ0n) is 12.6. The first-order valence-corrected chi connectivity index (χ1v) is 9.28. The molecule has 1 saturated carbocycles. The molecule has 0 amide bonds. The number of hydrogen-bond acceptors (Lipinski definition) is 4. The summed E-state index contributed by atoms with van der Waals surface area (Å²) in [7, 11) is -3.46. The number of unbranched alkanes of at least 4 members (excludes halogenated alkanes) is 3. The standard InChI is InChI=1S/C15H25N3O2S/c1-2-3-4-5-10-18-21(19,20)15-9-6-13(12-17-15)11-16-14-7-8-14/h6,9,12,14,16,18H,2-5,7-8,10-11H2,1H3. The van der Waals surface area contributed by atoms with E-state index in [0.717, 1.165) is 37.8 Å². The van der Waals surface area contributed by atoms with Crippen molar-refractivity contribution in [1.29, 1.82) is 0 Å². The van der Waals surface area contributed by atoms with Gasteiger partial charge in [0.25, 0.3) is 10.0 Å². The Hall–Kier alpha value is -0.980. The maximum atomic E-state index is 12.1. The molecule has 0 saturated heterocycles. The molecule has 6 heteroatoms. The van der Waals surface area contributed by atoms with Crippen molar-refractivity contribution in [1.82, 2.24) is 15.0 Å². The fourth-order valence-corrected chi connectivity index (χ4v) is 3.06. The van der Waals surface area contributed by atoms with Gasteiger partial charge in [-0.1, -0.05) is 32.3 Å². The van der Waals surface area contributed by atoms with Gasteiger partial charge in [0.05, 0.1) is 0 Å². The molecule has 5 nitrogen and oxygen atoms in total. The zero-order valence-corrected chi connectivity index (χ0v) is 13.5. The van der Waals surface area contributed by atoms with Gasteiger partial charge in [0, 0.05) is 25.3 Å². The Balaban J connectivity index is 1.80. The van der Waals surface area contributed by atoms with E-state index in [9.17, 15) is 8.42 Å². The third-order valence-electron chi connectivity index (χ3n) is 3.57. The van der Waals surface area contributed by atoms with Crippen molar-refractivity contribution < 1.29 is 8.42 Å². The summed E-state index contributed by atoms with van der Waals surface area (Å²) >= 11 is 0. The van der Waals surface area contributed by atoms with Crippen LogP contribution in [-0.2, 0) is 16.6 Å². The minimum Gasteiger partial charge on any atom is -0.310 e. The molecule has 1 fully saturated rings. The Labute approximate surface area is 127 Å². The van der Waals surface area contributed by atoms with Crippen LogP contribution in [0.1, 0.15) is 51.0 Å². The van der Waals surface area contributed by atoms with Crippen molar-refractivity contribution in [2.75, 3.05) is 6.54 Å². The van der Waals surface area contributed by atoms with Crippen LogP contribution in [0.15, 0.2) is 23.4 Å². The van der Waals surface area contributed by atoms with Crippen LogP contribution in [0, 0.1) is 0 Å². The molecule has 21 heavy (non-hydrogen) atoms. The van der Waals surface area contributed by atoms with Crippen LogP contribution in [0.25, 0.3) is 0 Å². The molecule has 0 spiro atoms. The average molecular weight is 311 g/mol. The fourth-order valence-electron chi connectivity index (χ4n) is 2.06. The molecule has 2 rings (SSSR count). The van der Waals surface area contributed by atoms with E-state index in [1.165, 1.54) is 12.8 Å². The third kappa shape index (κ3) is 5.73. The lowest BCUT2D eigenvalue weighted by Gasteiger charge is -2.07. The Kier molecular flexibility index (Phi) is 6.14. The molecule has 1 aliphatic rings. The number of aromatic nitrogens is 1. The second-order valence-corrected chi connectivity index (χ2v) is 7.33. The van der Waals surface area contributed by atoms with E-state index in [4.69, 9.17) is 0 Å². The van der Waals surface area contributed by atoms with Gasteiger partial charge in [-0.3, -0.25) is 0 Å². The van der Waals surface area contributed by atoms with Crippen molar-refractivity contribution in [2.45, 2.75) is 63.1 Å². The molecule has 0 aliphatic heterocycles. The van der Waals surface area contributed by atoms with Crippen LogP contribution in [0.4, 0.5) is 0 Å². The van der Waals surface area contributed by atoms with Crippen molar-refractivity contribution in [2.24, 2.45) is 0 Å². The largest absolute Gasteiger partial charge is 0.310 e. The molecule has 1 aliphatic carbocycles. The number of hydrogen-bond donors (Lipinski definition) is 2. The summed E-state index contributed by atoms with van der Waals surface area (Å²) in [6.07, 6.45) is 8.33. The van der Waals surface area contributed by atoms with E-state index < -0.39 is 10.0 Å². The van der Waals surface area contributed by atoms with Crippen LogP contribution in [0.2, 0.25) is 0 Å². The molecule has 1 aromatic heterocycles. The quantitative estimate of drug-likeness (QED) is 0.650. The Morgan fingerprint density at radius 3 is 2.67 bits per heavy atom. The average Bonchev–Trinajstić information content (AvgIpc) is 3.29. The number of nitrogens with one attached hydrogen (secondary N) is 2. The van der Waals surface area contributed by atoms with E-state index in [2.05, 4.69) is 21.9 Å². The smallest absolute Gasteiger partial charge is 0.258 e. The summed E-state index contributed by atoms with van der Waals surface area (Å²) in [5, 5.41) is 3.48. The molecular weight excluding hydrogens is 286 g/mol. The van der Waals surface area contributed by atoms with Gasteiger partial charge in [0.15, 0.2) is 5.03 Å². The lowest BCUT2D eigenvalue weighted by atomic mass is 10.2. The molecule has 0 atom stereocenters. The second-order valence-electron chi connectivity index (χ2n) is 5.62. The Morgan fingerprint density at radius 1 is 1.24 bits per heavy atom. The monoisotopic (exact) mass is 311 g/mol. The molecule has 0 aromatic carbocycles. The van der Waals surface area contributed by atoms with Gasteiger partial charge in [-0.2, -0.15) is 0 Å². The predicted molar refractivity (Wildman–Crippen MR) is 83.4 cm³/mol. The summed E-state index contributed by atoms with van der Waals surface area (Å²) < 4.78 is 26.7. The minimum atomic E-state index is -3.46. The first-order chi connectivity index (χ1) is 10.1. The third-order valence-corrected chi connectivity index (χ3v) is 4.94. The SMILES string of the molecule is CCCCCCNS(=O)(=O)c1ccc(CNC2CC2)cn1. The number of rotatable bonds is 10.